The van der Waals surface area contributed by atoms with Gasteiger partial charge < -0.3 is 14.3 Å². The van der Waals surface area contributed by atoms with Gasteiger partial charge in [-0.1, -0.05) is 6.07 Å². The first-order chi connectivity index (χ1) is 10.3. The van der Waals surface area contributed by atoms with Gasteiger partial charge in [0.1, 0.15) is 17.3 Å². The van der Waals surface area contributed by atoms with E-state index in [0.29, 0.717) is 17.1 Å². The van der Waals surface area contributed by atoms with Gasteiger partial charge in [-0.15, -0.1) is 0 Å². The molecule has 0 aliphatic heterocycles. The Morgan fingerprint density at radius 1 is 1.41 bits per heavy atom. The Balaban J connectivity index is 2.30. The highest BCUT2D eigenvalue weighted by Crippen LogP contribution is 2.25. The molecule has 0 amide bonds. The van der Waals surface area contributed by atoms with E-state index in [2.05, 4.69) is 4.98 Å². The van der Waals surface area contributed by atoms with E-state index in [1.165, 1.54) is 7.11 Å². The van der Waals surface area contributed by atoms with Crippen LogP contribution in [0.25, 0.3) is 11.5 Å². The van der Waals surface area contributed by atoms with E-state index in [0.717, 1.165) is 0 Å². The molecule has 0 unspecified atom stereocenters. The molecule has 0 radical (unpaired) electrons. The molecule has 22 heavy (non-hydrogen) atoms. The fraction of sp³-hybridized carbons (Fsp3) is 0.286. The number of sulfone groups is 1. The van der Waals surface area contributed by atoms with Gasteiger partial charge in [0.15, 0.2) is 9.84 Å². The van der Waals surface area contributed by atoms with Crippen molar-refractivity contribution in [2.24, 2.45) is 0 Å². The number of benzene rings is 1. The molecule has 1 heterocycles. The van der Waals surface area contributed by atoms with E-state index < -0.39 is 27.3 Å². The fourth-order valence-electron chi connectivity index (χ4n) is 1.89. The lowest BCUT2D eigenvalue weighted by Gasteiger charge is -2.00. The van der Waals surface area contributed by atoms with Crippen molar-refractivity contribution in [3.63, 3.8) is 0 Å². The number of carboxylic acids is 1. The number of hydrogen-bond donors (Lipinski definition) is 1. The highest BCUT2D eigenvalue weighted by molar-refractivity contribution is 7.91. The van der Waals surface area contributed by atoms with Gasteiger partial charge >= 0.3 is 5.97 Å². The summed E-state index contributed by atoms with van der Waals surface area (Å²) >= 11 is 0. The molecule has 2 rings (SSSR count). The van der Waals surface area contributed by atoms with Gasteiger partial charge in [0.05, 0.1) is 18.6 Å². The Morgan fingerprint density at radius 2 is 2.14 bits per heavy atom. The number of aromatic nitrogens is 1. The van der Waals surface area contributed by atoms with E-state index in [-0.39, 0.29) is 11.6 Å². The number of methoxy groups -OCH3 is 1. The lowest BCUT2D eigenvalue weighted by Crippen LogP contribution is -2.17. The van der Waals surface area contributed by atoms with E-state index in [1.807, 2.05) is 0 Å². The van der Waals surface area contributed by atoms with E-state index in [9.17, 15) is 13.2 Å². The van der Waals surface area contributed by atoms with Crippen LogP contribution >= 0.6 is 0 Å². The SMILES string of the molecule is COc1cccc(-c2nc(CS(=O)(=O)CC(=O)O)c(C)o2)c1. The zero-order chi connectivity index (χ0) is 16.3. The minimum atomic E-state index is -3.78. The maximum atomic E-state index is 11.7. The molecule has 2 aromatic rings. The van der Waals surface area contributed by atoms with Gasteiger partial charge in [0.2, 0.25) is 5.89 Å². The summed E-state index contributed by atoms with van der Waals surface area (Å²) in [6, 6.07) is 6.98. The van der Waals surface area contributed by atoms with Crippen molar-refractivity contribution >= 4 is 15.8 Å². The van der Waals surface area contributed by atoms with Gasteiger partial charge in [0, 0.05) is 5.56 Å². The van der Waals surface area contributed by atoms with Gasteiger partial charge in [-0.2, -0.15) is 0 Å². The number of ether oxygens (including phenoxy) is 1. The number of rotatable bonds is 6. The smallest absolute Gasteiger partial charge is 0.318 e. The minimum Gasteiger partial charge on any atom is -0.497 e. The number of aryl methyl sites for hydroxylation is 1. The number of nitrogens with zero attached hydrogens (tertiary/aromatic N) is 1. The first-order valence-corrected chi connectivity index (χ1v) is 8.16. The van der Waals surface area contributed by atoms with Crippen molar-refractivity contribution in [1.29, 1.82) is 0 Å². The lowest BCUT2D eigenvalue weighted by atomic mass is 10.2. The minimum absolute atomic E-state index is 0.207. The van der Waals surface area contributed by atoms with E-state index in [4.69, 9.17) is 14.3 Å². The Kier molecular flexibility index (Phi) is 4.51. The predicted molar refractivity (Wildman–Crippen MR) is 78.4 cm³/mol. The van der Waals surface area contributed by atoms with Crippen LogP contribution < -0.4 is 4.74 Å². The average Bonchev–Trinajstić information content (AvgIpc) is 2.78. The first-order valence-electron chi connectivity index (χ1n) is 6.33. The molecule has 1 aromatic heterocycles. The Hall–Kier alpha value is -2.35. The molecule has 118 valence electrons. The van der Waals surface area contributed by atoms with Crippen molar-refractivity contribution in [2.75, 3.05) is 12.9 Å². The van der Waals surface area contributed by atoms with E-state index >= 15 is 0 Å². The zero-order valence-corrected chi connectivity index (χ0v) is 12.9. The summed E-state index contributed by atoms with van der Waals surface area (Å²) in [4.78, 5) is 14.7. The summed E-state index contributed by atoms with van der Waals surface area (Å²) in [6.07, 6.45) is 0. The molecule has 0 aliphatic rings. The third-order valence-electron chi connectivity index (χ3n) is 2.91. The summed E-state index contributed by atoms with van der Waals surface area (Å²) in [5.41, 5.74) is 0.850. The summed E-state index contributed by atoms with van der Waals surface area (Å²) in [6.45, 7) is 1.59. The standard InChI is InChI=1S/C14H15NO6S/c1-9-12(7-22(18,19)8-13(16)17)15-14(21-9)10-4-3-5-11(6-10)20-2/h3-6H,7-8H2,1-2H3,(H,16,17). The van der Waals surface area contributed by atoms with Crippen LogP contribution in [0.2, 0.25) is 0 Å². The molecule has 0 aliphatic carbocycles. The summed E-state index contributed by atoms with van der Waals surface area (Å²) in [7, 11) is -2.25. The van der Waals surface area contributed by atoms with Crippen LogP contribution in [0.5, 0.6) is 5.75 Å². The Bertz CT molecular complexity index is 793. The molecule has 0 fully saturated rings. The van der Waals surface area contributed by atoms with E-state index in [1.54, 1.807) is 31.2 Å². The molecular formula is C14H15NO6S. The maximum absolute atomic E-state index is 11.7. The van der Waals surface area contributed by atoms with Crippen molar-refractivity contribution in [3.05, 3.63) is 35.7 Å². The third kappa shape index (κ3) is 3.85. The normalized spacial score (nSPS) is 11.4. The zero-order valence-electron chi connectivity index (χ0n) is 12.1. The van der Waals surface area contributed by atoms with Crippen LogP contribution in [0.15, 0.2) is 28.7 Å². The molecule has 0 atom stereocenters. The first kappa shape index (κ1) is 16.0. The molecule has 0 saturated heterocycles. The van der Waals surface area contributed by atoms with Gasteiger partial charge in [-0.25, -0.2) is 13.4 Å². The van der Waals surface area contributed by atoms with Gasteiger partial charge in [0.25, 0.3) is 0 Å². The van der Waals surface area contributed by atoms with Gasteiger partial charge in [-0.3, -0.25) is 4.79 Å². The largest absolute Gasteiger partial charge is 0.497 e. The third-order valence-corrected chi connectivity index (χ3v) is 4.31. The lowest BCUT2D eigenvalue weighted by molar-refractivity contribution is -0.134. The second-order valence-corrected chi connectivity index (χ2v) is 6.74. The van der Waals surface area contributed by atoms with Crippen molar-refractivity contribution < 1.29 is 27.5 Å². The summed E-state index contributed by atoms with van der Waals surface area (Å²) in [5, 5.41) is 8.60. The van der Waals surface area contributed by atoms with Crippen LogP contribution in [0.1, 0.15) is 11.5 Å². The number of hydrogen-bond acceptors (Lipinski definition) is 6. The Labute approximate surface area is 127 Å². The highest BCUT2D eigenvalue weighted by atomic mass is 32.2. The predicted octanol–water partition coefficient (Wildman–Crippen LogP) is 1.66. The molecule has 7 nitrogen and oxygen atoms in total. The Morgan fingerprint density at radius 3 is 2.77 bits per heavy atom. The van der Waals surface area contributed by atoms with Crippen molar-refractivity contribution in [2.45, 2.75) is 12.7 Å². The maximum Gasteiger partial charge on any atom is 0.318 e. The molecule has 0 bridgehead atoms. The van der Waals surface area contributed by atoms with Crippen LogP contribution in [0, 0.1) is 6.92 Å². The molecule has 1 N–H and O–H groups in total. The number of carboxylic acid groups (broad SMARTS) is 1. The van der Waals surface area contributed by atoms with Crippen LogP contribution in [-0.4, -0.2) is 37.3 Å². The summed E-state index contributed by atoms with van der Waals surface area (Å²) in [5.74, 6) is -1.59. The average molecular weight is 325 g/mol. The van der Waals surface area contributed by atoms with Crippen molar-refractivity contribution in [3.8, 4) is 17.2 Å². The van der Waals surface area contributed by atoms with Crippen LogP contribution in [-0.2, 0) is 20.4 Å². The molecule has 8 heteroatoms. The molecule has 0 saturated carbocycles. The number of carbonyl (C=O) groups is 1. The quantitative estimate of drug-likeness (QED) is 0.860. The molecule has 0 spiro atoms. The monoisotopic (exact) mass is 325 g/mol. The fourth-order valence-corrected chi connectivity index (χ4v) is 3.05. The van der Waals surface area contributed by atoms with Crippen LogP contribution in [0.4, 0.5) is 0 Å². The highest BCUT2D eigenvalue weighted by Gasteiger charge is 2.21. The second-order valence-electron chi connectivity index (χ2n) is 4.68. The molecule has 1 aromatic carbocycles. The summed E-state index contributed by atoms with van der Waals surface area (Å²) < 4.78 is 34.0. The number of oxazole rings is 1. The second kappa shape index (κ2) is 6.18. The number of aliphatic carboxylic acids is 1. The van der Waals surface area contributed by atoms with Crippen molar-refractivity contribution in [1.82, 2.24) is 4.98 Å². The topological polar surface area (TPSA) is 107 Å². The molecular weight excluding hydrogens is 310 g/mol. The van der Waals surface area contributed by atoms with Crippen LogP contribution in [0.3, 0.4) is 0 Å². The van der Waals surface area contributed by atoms with Gasteiger partial charge in [-0.05, 0) is 25.1 Å².